The number of aromatic nitrogens is 3. The van der Waals surface area contributed by atoms with Crippen LogP contribution >= 0.6 is 23.8 Å². The van der Waals surface area contributed by atoms with Crippen LogP contribution in [0.5, 0.6) is 0 Å². The summed E-state index contributed by atoms with van der Waals surface area (Å²) in [7, 11) is -3.78. The van der Waals surface area contributed by atoms with Crippen LogP contribution in [-0.2, 0) is 23.1 Å². The molecule has 0 aliphatic rings. The van der Waals surface area contributed by atoms with E-state index in [1.807, 2.05) is 6.92 Å². The van der Waals surface area contributed by atoms with E-state index in [1.165, 1.54) is 22.5 Å². The zero-order valence-corrected chi connectivity index (χ0v) is 17.7. The summed E-state index contributed by atoms with van der Waals surface area (Å²) in [5, 5.41) is 9.54. The standard InChI is InChI=1S/C16H22ClN5O3S2/c1-4-21(5-2)27(24,25)13-9-11(7-8-12(13)17)15(23)18-10-14-19-20-16(26)22(14)6-3/h7-9H,4-6,10H2,1-3H3,(H,18,23)(H,20,26). The maximum Gasteiger partial charge on any atom is 0.251 e. The molecule has 2 aromatic rings. The molecule has 0 atom stereocenters. The molecule has 0 aliphatic heterocycles. The second-order valence-corrected chi connectivity index (χ2v) is 8.31. The SMILES string of the molecule is CCN(CC)S(=O)(=O)c1cc(C(=O)NCc2n[nH]c(=S)n2CC)ccc1Cl. The Balaban J connectivity index is 2.26. The number of rotatable bonds is 8. The fourth-order valence-electron chi connectivity index (χ4n) is 2.62. The summed E-state index contributed by atoms with van der Waals surface area (Å²) in [6, 6.07) is 4.19. The zero-order chi connectivity index (χ0) is 20.2. The summed E-state index contributed by atoms with van der Waals surface area (Å²) in [4.78, 5) is 12.4. The highest BCUT2D eigenvalue weighted by atomic mass is 35.5. The average Bonchev–Trinajstić information content (AvgIpc) is 3.00. The topological polar surface area (TPSA) is 100 Å². The first-order valence-corrected chi connectivity index (χ1v) is 10.7. The summed E-state index contributed by atoms with van der Waals surface area (Å²) in [6.07, 6.45) is 0. The molecule has 0 unspecified atom stereocenters. The molecule has 1 heterocycles. The van der Waals surface area contributed by atoms with Crippen molar-refractivity contribution < 1.29 is 13.2 Å². The van der Waals surface area contributed by atoms with Crippen molar-refractivity contribution in [2.24, 2.45) is 0 Å². The molecule has 0 saturated heterocycles. The van der Waals surface area contributed by atoms with Crippen molar-refractivity contribution in [1.29, 1.82) is 0 Å². The van der Waals surface area contributed by atoms with Gasteiger partial charge in [-0.05, 0) is 37.3 Å². The van der Waals surface area contributed by atoms with Gasteiger partial charge >= 0.3 is 0 Å². The van der Waals surface area contributed by atoms with Crippen LogP contribution in [0, 0.1) is 4.77 Å². The highest BCUT2D eigenvalue weighted by Gasteiger charge is 2.25. The minimum absolute atomic E-state index is 0.0744. The van der Waals surface area contributed by atoms with Crippen LogP contribution in [0.3, 0.4) is 0 Å². The van der Waals surface area contributed by atoms with Gasteiger partial charge in [-0.3, -0.25) is 9.89 Å². The van der Waals surface area contributed by atoms with E-state index in [0.717, 1.165) is 0 Å². The second kappa shape index (κ2) is 8.96. The van der Waals surface area contributed by atoms with E-state index in [0.29, 0.717) is 30.2 Å². The van der Waals surface area contributed by atoms with Gasteiger partial charge in [0.1, 0.15) is 4.90 Å². The predicted molar refractivity (Wildman–Crippen MR) is 106 cm³/mol. The molecular formula is C16H22ClN5O3S2. The Morgan fingerprint density at radius 1 is 1.33 bits per heavy atom. The zero-order valence-electron chi connectivity index (χ0n) is 15.3. The van der Waals surface area contributed by atoms with Gasteiger partial charge in [0.2, 0.25) is 10.0 Å². The first kappa shape index (κ1) is 21.5. The largest absolute Gasteiger partial charge is 0.345 e. The molecule has 148 valence electrons. The number of aromatic amines is 1. The number of nitrogens with zero attached hydrogens (tertiary/aromatic N) is 3. The van der Waals surface area contributed by atoms with Crippen molar-refractivity contribution in [1.82, 2.24) is 24.4 Å². The fourth-order valence-corrected chi connectivity index (χ4v) is 4.86. The Bertz CT molecular complexity index is 980. The van der Waals surface area contributed by atoms with Gasteiger partial charge in [-0.25, -0.2) is 8.42 Å². The number of amides is 1. The first-order chi connectivity index (χ1) is 12.8. The summed E-state index contributed by atoms with van der Waals surface area (Å²) in [5.74, 6) is 0.153. The normalized spacial score (nSPS) is 11.7. The van der Waals surface area contributed by atoms with Crippen LogP contribution in [-0.4, -0.2) is 46.5 Å². The molecule has 0 spiro atoms. The first-order valence-electron chi connectivity index (χ1n) is 8.48. The highest BCUT2D eigenvalue weighted by Crippen LogP contribution is 2.26. The quantitative estimate of drug-likeness (QED) is 0.625. The van der Waals surface area contributed by atoms with Gasteiger partial charge in [-0.15, -0.1) is 0 Å². The summed E-state index contributed by atoms with van der Waals surface area (Å²) in [6.45, 7) is 6.79. The molecule has 1 aromatic carbocycles. The Morgan fingerprint density at radius 3 is 2.59 bits per heavy atom. The predicted octanol–water partition coefficient (Wildman–Crippen LogP) is 2.57. The van der Waals surface area contributed by atoms with Crippen LogP contribution in [0.25, 0.3) is 0 Å². The molecule has 1 aromatic heterocycles. The number of carbonyl (C=O) groups is 1. The van der Waals surface area contributed by atoms with Gasteiger partial charge in [0, 0.05) is 25.2 Å². The number of hydrogen-bond donors (Lipinski definition) is 2. The molecule has 2 N–H and O–H groups in total. The smallest absolute Gasteiger partial charge is 0.251 e. The molecule has 27 heavy (non-hydrogen) atoms. The Labute approximate surface area is 168 Å². The van der Waals surface area contributed by atoms with Gasteiger partial charge in [0.25, 0.3) is 5.91 Å². The van der Waals surface area contributed by atoms with Crippen molar-refractivity contribution in [3.8, 4) is 0 Å². The van der Waals surface area contributed by atoms with Gasteiger partial charge in [0.15, 0.2) is 10.6 Å². The molecule has 0 radical (unpaired) electrons. The molecule has 0 saturated carbocycles. The number of carbonyl (C=O) groups excluding carboxylic acids is 1. The van der Waals surface area contributed by atoms with Crippen LogP contribution in [0.1, 0.15) is 37.0 Å². The molecule has 2 rings (SSSR count). The van der Waals surface area contributed by atoms with Crippen molar-refractivity contribution in [2.45, 2.75) is 38.8 Å². The molecule has 0 aliphatic carbocycles. The number of benzene rings is 1. The van der Waals surface area contributed by atoms with Crippen LogP contribution in [0.2, 0.25) is 5.02 Å². The Hall–Kier alpha value is -1.75. The molecule has 8 nitrogen and oxygen atoms in total. The van der Waals surface area contributed by atoms with Crippen LogP contribution in [0.15, 0.2) is 23.1 Å². The minimum atomic E-state index is -3.78. The summed E-state index contributed by atoms with van der Waals surface area (Å²) >= 11 is 11.2. The van der Waals surface area contributed by atoms with Crippen molar-refractivity contribution in [2.75, 3.05) is 13.1 Å². The third-order valence-corrected chi connectivity index (χ3v) is 6.92. The lowest BCUT2D eigenvalue weighted by atomic mass is 10.2. The number of halogens is 1. The monoisotopic (exact) mass is 431 g/mol. The molecule has 11 heteroatoms. The van der Waals surface area contributed by atoms with E-state index in [9.17, 15) is 13.2 Å². The van der Waals surface area contributed by atoms with Gasteiger partial charge in [0.05, 0.1) is 11.6 Å². The van der Waals surface area contributed by atoms with Crippen LogP contribution < -0.4 is 5.32 Å². The summed E-state index contributed by atoms with van der Waals surface area (Å²) < 4.78 is 29.0. The number of sulfonamides is 1. The Morgan fingerprint density at radius 2 is 2.00 bits per heavy atom. The van der Waals surface area contributed by atoms with E-state index in [-0.39, 0.29) is 22.0 Å². The van der Waals surface area contributed by atoms with Gasteiger partial charge in [-0.1, -0.05) is 25.4 Å². The lowest BCUT2D eigenvalue weighted by Gasteiger charge is -2.19. The third-order valence-electron chi connectivity index (χ3n) is 4.08. The van der Waals surface area contributed by atoms with Crippen molar-refractivity contribution in [3.05, 3.63) is 39.4 Å². The second-order valence-electron chi connectivity index (χ2n) is 5.61. The van der Waals surface area contributed by atoms with Crippen molar-refractivity contribution >= 4 is 39.7 Å². The van der Waals surface area contributed by atoms with E-state index in [1.54, 1.807) is 18.4 Å². The Kier molecular flexibility index (Phi) is 7.15. The molecule has 1 amide bonds. The fraction of sp³-hybridized carbons (Fsp3) is 0.438. The lowest BCUT2D eigenvalue weighted by molar-refractivity contribution is 0.0949. The lowest BCUT2D eigenvalue weighted by Crippen LogP contribution is -2.31. The number of hydrogen-bond acceptors (Lipinski definition) is 5. The molecule has 0 fully saturated rings. The molecule has 0 bridgehead atoms. The highest BCUT2D eigenvalue weighted by molar-refractivity contribution is 7.89. The van der Waals surface area contributed by atoms with E-state index in [2.05, 4.69) is 15.5 Å². The number of nitrogens with one attached hydrogen (secondary N) is 2. The van der Waals surface area contributed by atoms with E-state index < -0.39 is 15.9 Å². The number of H-pyrrole nitrogens is 1. The minimum Gasteiger partial charge on any atom is -0.345 e. The summed E-state index contributed by atoms with van der Waals surface area (Å²) in [5.41, 5.74) is 0.197. The molecular weight excluding hydrogens is 410 g/mol. The maximum absolute atomic E-state index is 12.7. The van der Waals surface area contributed by atoms with Crippen molar-refractivity contribution in [3.63, 3.8) is 0 Å². The van der Waals surface area contributed by atoms with Crippen LogP contribution in [0.4, 0.5) is 0 Å². The van der Waals surface area contributed by atoms with Gasteiger partial charge < -0.3 is 9.88 Å². The van der Waals surface area contributed by atoms with Gasteiger partial charge in [-0.2, -0.15) is 9.40 Å². The average molecular weight is 432 g/mol. The maximum atomic E-state index is 12.7. The third kappa shape index (κ3) is 4.57. The van der Waals surface area contributed by atoms with E-state index in [4.69, 9.17) is 23.8 Å². The van der Waals surface area contributed by atoms with E-state index >= 15 is 0 Å².